The molecule has 1 fully saturated rings. The van der Waals surface area contributed by atoms with Gasteiger partial charge in [0, 0.05) is 12.5 Å². The van der Waals surface area contributed by atoms with Crippen molar-refractivity contribution in [3.63, 3.8) is 0 Å². The summed E-state index contributed by atoms with van der Waals surface area (Å²) in [5, 5.41) is 15.7. The Hall–Kier alpha value is -2.02. The molecule has 1 amide bonds. The molecule has 1 aromatic heterocycles. The Labute approximate surface area is 144 Å². The summed E-state index contributed by atoms with van der Waals surface area (Å²) < 4.78 is 12.9. The monoisotopic (exact) mass is 348 g/mol. The molecule has 128 valence electrons. The topological polar surface area (TPSA) is 66.9 Å². The Balaban J connectivity index is 1.45. The summed E-state index contributed by atoms with van der Waals surface area (Å²) in [5.41, 5.74) is 0.981. The molecular formula is C17H21FN4OS. The van der Waals surface area contributed by atoms with Crippen molar-refractivity contribution in [3.05, 3.63) is 40.7 Å². The predicted molar refractivity (Wildman–Crippen MR) is 92.6 cm³/mol. The number of carbonyl (C=O) groups excluding carboxylic acids is 1. The molecule has 5 nitrogen and oxygen atoms in total. The van der Waals surface area contributed by atoms with Crippen LogP contribution in [0.15, 0.2) is 24.3 Å². The van der Waals surface area contributed by atoms with Crippen molar-refractivity contribution in [3.8, 4) is 0 Å². The van der Waals surface area contributed by atoms with Gasteiger partial charge in [0.2, 0.25) is 11.0 Å². The zero-order valence-corrected chi connectivity index (χ0v) is 14.2. The molecule has 24 heavy (non-hydrogen) atoms. The van der Waals surface area contributed by atoms with E-state index in [1.165, 1.54) is 42.7 Å². The zero-order valence-electron chi connectivity index (χ0n) is 13.4. The van der Waals surface area contributed by atoms with Crippen LogP contribution in [0.1, 0.15) is 42.7 Å². The van der Waals surface area contributed by atoms with Crippen molar-refractivity contribution in [2.45, 2.75) is 44.6 Å². The van der Waals surface area contributed by atoms with Gasteiger partial charge < -0.3 is 10.6 Å². The average Bonchev–Trinajstić information content (AvgIpc) is 3.04. The summed E-state index contributed by atoms with van der Waals surface area (Å²) in [4.78, 5) is 12.0. The van der Waals surface area contributed by atoms with Gasteiger partial charge in [0.15, 0.2) is 0 Å². The van der Waals surface area contributed by atoms with Crippen LogP contribution in [0, 0.1) is 5.82 Å². The summed E-state index contributed by atoms with van der Waals surface area (Å²) in [6.45, 7) is 0.210. The maximum atomic E-state index is 12.9. The molecule has 2 N–H and O–H groups in total. The van der Waals surface area contributed by atoms with Crippen molar-refractivity contribution in [2.24, 2.45) is 0 Å². The highest BCUT2D eigenvalue weighted by atomic mass is 32.1. The van der Waals surface area contributed by atoms with Crippen molar-refractivity contribution in [1.82, 2.24) is 15.5 Å². The average molecular weight is 348 g/mol. The Morgan fingerprint density at radius 2 is 1.92 bits per heavy atom. The van der Waals surface area contributed by atoms with Gasteiger partial charge in [-0.05, 0) is 30.5 Å². The first-order valence-corrected chi connectivity index (χ1v) is 9.11. The molecule has 1 aromatic carbocycles. The molecule has 3 rings (SSSR count). The molecule has 1 aliphatic rings. The van der Waals surface area contributed by atoms with E-state index in [1.54, 1.807) is 12.1 Å². The third kappa shape index (κ3) is 4.99. The minimum absolute atomic E-state index is 0.00261. The Bertz CT molecular complexity index is 667. The molecular weight excluding hydrogens is 327 g/mol. The number of hydrogen-bond donors (Lipinski definition) is 2. The normalized spacial score (nSPS) is 15.2. The molecule has 0 bridgehead atoms. The van der Waals surface area contributed by atoms with Crippen molar-refractivity contribution >= 4 is 22.4 Å². The van der Waals surface area contributed by atoms with E-state index < -0.39 is 0 Å². The van der Waals surface area contributed by atoms with Gasteiger partial charge in [0.1, 0.15) is 10.8 Å². The molecule has 1 heterocycles. The van der Waals surface area contributed by atoms with Gasteiger partial charge in [0.25, 0.3) is 0 Å². The number of amides is 1. The third-order valence-corrected chi connectivity index (χ3v) is 4.99. The van der Waals surface area contributed by atoms with E-state index in [0.717, 1.165) is 23.4 Å². The second kappa shape index (κ2) is 8.19. The highest BCUT2D eigenvalue weighted by Gasteiger charge is 2.15. The van der Waals surface area contributed by atoms with Crippen molar-refractivity contribution < 1.29 is 9.18 Å². The van der Waals surface area contributed by atoms with Crippen LogP contribution in [-0.4, -0.2) is 28.7 Å². The van der Waals surface area contributed by atoms with Gasteiger partial charge in [-0.15, -0.1) is 10.2 Å². The molecule has 2 aromatic rings. The number of halogens is 1. The van der Waals surface area contributed by atoms with Gasteiger partial charge >= 0.3 is 0 Å². The standard InChI is InChI=1S/C17H21FN4OS/c18-13-8-6-12(7-9-13)10-16-21-22-17(24-16)19-11-15(23)20-14-4-2-1-3-5-14/h6-9,14H,1-5,10-11H2,(H,19,22)(H,20,23). The highest BCUT2D eigenvalue weighted by molar-refractivity contribution is 7.15. The van der Waals surface area contributed by atoms with Crippen LogP contribution in [0.5, 0.6) is 0 Å². The minimum atomic E-state index is -0.248. The Morgan fingerprint density at radius 3 is 2.67 bits per heavy atom. The fraction of sp³-hybridized carbons (Fsp3) is 0.471. The number of anilines is 1. The van der Waals surface area contributed by atoms with Crippen LogP contribution in [0.4, 0.5) is 9.52 Å². The maximum Gasteiger partial charge on any atom is 0.239 e. The lowest BCUT2D eigenvalue weighted by atomic mass is 9.95. The summed E-state index contributed by atoms with van der Waals surface area (Å²) in [7, 11) is 0. The molecule has 1 aliphatic carbocycles. The Morgan fingerprint density at radius 1 is 1.17 bits per heavy atom. The molecule has 0 atom stereocenters. The number of hydrogen-bond acceptors (Lipinski definition) is 5. The molecule has 0 radical (unpaired) electrons. The summed E-state index contributed by atoms with van der Waals surface area (Å²) in [6, 6.07) is 6.66. The van der Waals surface area contributed by atoms with Gasteiger partial charge in [0.05, 0.1) is 6.54 Å². The van der Waals surface area contributed by atoms with Crippen LogP contribution in [-0.2, 0) is 11.2 Å². The first-order valence-electron chi connectivity index (χ1n) is 8.29. The SMILES string of the molecule is O=C(CNc1nnc(Cc2ccc(F)cc2)s1)NC1CCCCC1. The Kier molecular flexibility index (Phi) is 5.74. The van der Waals surface area contributed by atoms with E-state index in [-0.39, 0.29) is 18.3 Å². The van der Waals surface area contributed by atoms with E-state index in [4.69, 9.17) is 0 Å². The van der Waals surface area contributed by atoms with E-state index in [1.807, 2.05) is 0 Å². The zero-order chi connectivity index (χ0) is 16.8. The van der Waals surface area contributed by atoms with E-state index in [2.05, 4.69) is 20.8 Å². The number of rotatable bonds is 6. The minimum Gasteiger partial charge on any atom is -0.352 e. The number of aromatic nitrogens is 2. The maximum absolute atomic E-state index is 12.9. The summed E-state index contributed by atoms with van der Waals surface area (Å²) in [5.74, 6) is -0.250. The molecule has 0 unspecified atom stereocenters. The smallest absolute Gasteiger partial charge is 0.239 e. The number of carbonyl (C=O) groups is 1. The van der Waals surface area contributed by atoms with Gasteiger partial charge in [-0.1, -0.05) is 42.7 Å². The van der Waals surface area contributed by atoms with Gasteiger partial charge in [-0.2, -0.15) is 0 Å². The quantitative estimate of drug-likeness (QED) is 0.842. The fourth-order valence-electron chi connectivity index (χ4n) is 2.85. The van der Waals surface area contributed by atoms with Crippen molar-refractivity contribution in [1.29, 1.82) is 0 Å². The lowest BCUT2D eigenvalue weighted by molar-refractivity contribution is -0.120. The lowest BCUT2D eigenvalue weighted by Crippen LogP contribution is -2.39. The van der Waals surface area contributed by atoms with Crippen LogP contribution in [0.3, 0.4) is 0 Å². The summed E-state index contributed by atoms with van der Waals surface area (Å²) in [6.07, 6.45) is 6.42. The number of nitrogens with one attached hydrogen (secondary N) is 2. The number of nitrogens with zero attached hydrogens (tertiary/aromatic N) is 2. The van der Waals surface area contributed by atoms with Gasteiger partial charge in [-0.3, -0.25) is 4.79 Å². The van der Waals surface area contributed by atoms with E-state index in [9.17, 15) is 9.18 Å². The first kappa shape index (κ1) is 16.8. The summed E-state index contributed by atoms with van der Waals surface area (Å²) >= 11 is 1.41. The second-order valence-electron chi connectivity index (χ2n) is 6.06. The molecule has 7 heteroatoms. The van der Waals surface area contributed by atoms with E-state index in [0.29, 0.717) is 17.6 Å². The molecule has 0 spiro atoms. The lowest BCUT2D eigenvalue weighted by Gasteiger charge is -2.22. The highest BCUT2D eigenvalue weighted by Crippen LogP contribution is 2.19. The first-order chi connectivity index (χ1) is 11.7. The number of benzene rings is 1. The van der Waals surface area contributed by atoms with Crippen LogP contribution < -0.4 is 10.6 Å². The second-order valence-corrected chi connectivity index (χ2v) is 7.12. The third-order valence-electron chi connectivity index (χ3n) is 4.11. The van der Waals surface area contributed by atoms with Crippen molar-refractivity contribution in [2.75, 3.05) is 11.9 Å². The van der Waals surface area contributed by atoms with Crippen LogP contribution in [0.25, 0.3) is 0 Å². The molecule has 0 aliphatic heterocycles. The molecule has 1 saturated carbocycles. The predicted octanol–water partition coefficient (Wildman–Crippen LogP) is 3.13. The molecule has 0 saturated heterocycles. The van der Waals surface area contributed by atoms with Crippen LogP contribution in [0.2, 0.25) is 0 Å². The van der Waals surface area contributed by atoms with Gasteiger partial charge in [-0.25, -0.2) is 4.39 Å². The van der Waals surface area contributed by atoms with E-state index >= 15 is 0 Å². The largest absolute Gasteiger partial charge is 0.352 e. The fourth-order valence-corrected chi connectivity index (χ4v) is 3.62. The van der Waals surface area contributed by atoms with Crippen LogP contribution >= 0.6 is 11.3 Å².